The molecule has 4 heteroatoms. The van der Waals surface area contributed by atoms with Gasteiger partial charge in [-0.05, 0) is 60.7 Å². The first-order valence-corrected chi connectivity index (χ1v) is 8.51. The monoisotopic (exact) mass is 335 g/mol. The Kier molecular flexibility index (Phi) is 6.10. The number of carbonyl (C=O) groups excluding carboxylic acids is 1. The number of nitrogens with zero attached hydrogens (tertiary/aromatic N) is 1. The molecule has 1 unspecified atom stereocenters. The lowest BCUT2D eigenvalue weighted by Crippen LogP contribution is -2.30. The van der Waals surface area contributed by atoms with Crippen LogP contribution in [0.25, 0.3) is 0 Å². The van der Waals surface area contributed by atoms with Gasteiger partial charge in [0.25, 0.3) is 0 Å². The van der Waals surface area contributed by atoms with Gasteiger partial charge in [0, 0.05) is 0 Å². The van der Waals surface area contributed by atoms with Crippen LogP contribution in [0, 0.1) is 0 Å². The number of carbonyl (C=O) groups is 1. The van der Waals surface area contributed by atoms with Gasteiger partial charge in [-0.15, -0.1) is 0 Å². The van der Waals surface area contributed by atoms with Gasteiger partial charge in [-0.3, -0.25) is 4.90 Å². The SMILES string of the molecule is CCOC(=O)C(c1cc(C(C)(C)C)c(O)c(C(C)(C)C)c1)N(C)C. The number of hydrogen-bond acceptors (Lipinski definition) is 4. The molecule has 0 aliphatic heterocycles. The molecule has 0 spiro atoms. The molecule has 1 rings (SSSR count). The first-order chi connectivity index (χ1) is 10.8. The average Bonchev–Trinajstić information content (AvgIpc) is 2.37. The third-order valence-electron chi connectivity index (χ3n) is 4.09. The van der Waals surface area contributed by atoms with E-state index in [4.69, 9.17) is 4.74 Å². The molecule has 0 saturated carbocycles. The Bertz CT molecular complexity index is 557. The first kappa shape index (κ1) is 20.5. The fraction of sp³-hybridized carbons (Fsp3) is 0.650. The van der Waals surface area contributed by atoms with Crippen LogP contribution in [0.15, 0.2) is 12.1 Å². The molecule has 0 aliphatic rings. The molecule has 136 valence electrons. The van der Waals surface area contributed by atoms with E-state index in [1.807, 2.05) is 38.1 Å². The van der Waals surface area contributed by atoms with E-state index in [1.54, 1.807) is 0 Å². The van der Waals surface area contributed by atoms with Gasteiger partial charge in [-0.1, -0.05) is 41.5 Å². The molecule has 4 nitrogen and oxygen atoms in total. The summed E-state index contributed by atoms with van der Waals surface area (Å²) < 4.78 is 5.26. The summed E-state index contributed by atoms with van der Waals surface area (Å²) in [6.07, 6.45) is 0. The number of rotatable bonds is 4. The van der Waals surface area contributed by atoms with Crippen LogP contribution >= 0.6 is 0 Å². The second-order valence-corrected chi connectivity index (χ2v) is 8.58. The number of phenols is 1. The van der Waals surface area contributed by atoms with Crippen molar-refractivity contribution in [2.75, 3.05) is 20.7 Å². The van der Waals surface area contributed by atoms with E-state index in [2.05, 4.69) is 41.5 Å². The van der Waals surface area contributed by atoms with Gasteiger partial charge >= 0.3 is 5.97 Å². The standard InChI is InChI=1S/C20H33NO3/c1-10-24-18(23)16(21(8)9)13-11-14(19(2,3)4)17(22)15(12-13)20(5,6)7/h11-12,16,22H,10H2,1-9H3. The minimum absolute atomic E-state index is 0.231. The summed E-state index contributed by atoms with van der Waals surface area (Å²) in [5.41, 5.74) is 2.09. The molecule has 0 amide bonds. The van der Waals surface area contributed by atoms with Gasteiger partial charge in [-0.2, -0.15) is 0 Å². The normalized spacial score (nSPS) is 13.9. The Morgan fingerprint density at radius 2 is 1.50 bits per heavy atom. The Hall–Kier alpha value is -1.55. The van der Waals surface area contributed by atoms with Crippen LogP contribution in [-0.2, 0) is 20.4 Å². The molecule has 0 heterocycles. The smallest absolute Gasteiger partial charge is 0.327 e. The molecule has 0 aliphatic carbocycles. The van der Waals surface area contributed by atoms with Crippen molar-refractivity contribution < 1.29 is 14.6 Å². The van der Waals surface area contributed by atoms with E-state index in [1.165, 1.54) is 0 Å². The zero-order chi connectivity index (χ0) is 18.9. The second-order valence-electron chi connectivity index (χ2n) is 8.58. The van der Waals surface area contributed by atoms with Gasteiger partial charge in [-0.25, -0.2) is 4.79 Å². The Morgan fingerprint density at radius 1 is 1.08 bits per heavy atom. The van der Waals surface area contributed by atoms with Crippen molar-refractivity contribution in [3.05, 3.63) is 28.8 Å². The maximum atomic E-state index is 12.5. The molecule has 0 fully saturated rings. The van der Waals surface area contributed by atoms with Crippen LogP contribution in [0.5, 0.6) is 5.75 Å². The quantitative estimate of drug-likeness (QED) is 0.840. The fourth-order valence-corrected chi connectivity index (χ4v) is 2.82. The van der Waals surface area contributed by atoms with E-state index in [-0.39, 0.29) is 16.8 Å². The van der Waals surface area contributed by atoms with Crippen LogP contribution in [0.4, 0.5) is 0 Å². The molecule has 0 aromatic heterocycles. The van der Waals surface area contributed by atoms with Crippen molar-refractivity contribution in [2.45, 2.75) is 65.3 Å². The van der Waals surface area contributed by atoms with Crippen LogP contribution in [-0.4, -0.2) is 36.7 Å². The molecule has 1 N–H and O–H groups in total. The van der Waals surface area contributed by atoms with Crippen molar-refractivity contribution in [3.63, 3.8) is 0 Å². The number of likely N-dealkylation sites (N-methyl/N-ethyl adjacent to an activating group) is 1. The van der Waals surface area contributed by atoms with Crippen molar-refractivity contribution >= 4 is 5.97 Å². The topological polar surface area (TPSA) is 49.8 Å². The largest absolute Gasteiger partial charge is 0.507 e. The highest BCUT2D eigenvalue weighted by Crippen LogP contribution is 2.41. The van der Waals surface area contributed by atoms with Gasteiger partial charge in [0.2, 0.25) is 0 Å². The second kappa shape index (κ2) is 7.14. The third kappa shape index (κ3) is 4.50. The van der Waals surface area contributed by atoms with Crippen molar-refractivity contribution in [3.8, 4) is 5.75 Å². The number of phenolic OH excluding ortho intramolecular Hbond substituents is 1. The Balaban J connectivity index is 3.66. The number of esters is 1. The number of benzene rings is 1. The third-order valence-corrected chi connectivity index (χ3v) is 4.09. The summed E-state index contributed by atoms with van der Waals surface area (Å²) in [7, 11) is 3.73. The fourth-order valence-electron chi connectivity index (χ4n) is 2.82. The summed E-state index contributed by atoms with van der Waals surface area (Å²) in [5, 5.41) is 10.8. The van der Waals surface area contributed by atoms with E-state index in [9.17, 15) is 9.90 Å². The molecular formula is C20H33NO3. The molecule has 0 bridgehead atoms. The first-order valence-electron chi connectivity index (χ1n) is 8.51. The highest BCUT2D eigenvalue weighted by molar-refractivity contribution is 5.78. The average molecular weight is 335 g/mol. The minimum atomic E-state index is -0.493. The summed E-state index contributed by atoms with van der Waals surface area (Å²) >= 11 is 0. The summed E-state index contributed by atoms with van der Waals surface area (Å²) in [4.78, 5) is 14.3. The maximum Gasteiger partial charge on any atom is 0.327 e. The highest BCUT2D eigenvalue weighted by atomic mass is 16.5. The zero-order valence-corrected chi connectivity index (χ0v) is 16.7. The summed E-state index contributed by atoms with van der Waals surface area (Å²) in [5.74, 6) is 0.0491. The molecule has 1 atom stereocenters. The molecule has 1 aromatic carbocycles. The van der Waals surface area contributed by atoms with Crippen molar-refractivity contribution in [2.24, 2.45) is 0 Å². The minimum Gasteiger partial charge on any atom is -0.507 e. The van der Waals surface area contributed by atoms with Crippen LogP contribution in [0.1, 0.15) is 71.2 Å². The lowest BCUT2D eigenvalue weighted by molar-refractivity contribution is -0.148. The predicted octanol–water partition coefficient (Wildman–Crippen LogP) is 4.15. The number of hydrogen-bond donors (Lipinski definition) is 1. The number of aromatic hydroxyl groups is 1. The molecule has 1 aromatic rings. The molecule has 0 radical (unpaired) electrons. The summed E-state index contributed by atoms with van der Waals surface area (Å²) in [6, 6.07) is 3.38. The lowest BCUT2D eigenvalue weighted by atomic mass is 9.77. The van der Waals surface area contributed by atoms with Crippen LogP contribution in [0.2, 0.25) is 0 Å². The van der Waals surface area contributed by atoms with Gasteiger partial charge in [0.05, 0.1) is 6.61 Å². The Morgan fingerprint density at radius 3 is 1.79 bits per heavy atom. The molecule has 24 heavy (non-hydrogen) atoms. The highest BCUT2D eigenvalue weighted by Gasteiger charge is 2.31. The lowest BCUT2D eigenvalue weighted by Gasteiger charge is -2.31. The van der Waals surface area contributed by atoms with Gasteiger partial charge < -0.3 is 9.84 Å². The summed E-state index contributed by atoms with van der Waals surface area (Å²) in [6.45, 7) is 14.5. The van der Waals surface area contributed by atoms with E-state index >= 15 is 0 Å². The van der Waals surface area contributed by atoms with E-state index in [0.717, 1.165) is 16.7 Å². The van der Waals surface area contributed by atoms with Crippen molar-refractivity contribution in [1.29, 1.82) is 0 Å². The maximum absolute atomic E-state index is 12.5. The molecule has 0 saturated heterocycles. The van der Waals surface area contributed by atoms with Gasteiger partial charge in [0.15, 0.2) is 0 Å². The predicted molar refractivity (Wildman–Crippen MR) is 98.6 cm³/mol. The van der Waals surface area contributed by atoms with E-state index in [0.29, 0.717) is 12.4 Å². The Labute approximate surface area is 146 Å². The number of ether oxygens (including phenoxy) is 1. The van der Waals surface area contributed by atoms with Gasteiger partial charge in [0.1, 0.15) is 11.8 Å². The van der Waals surface area contributed by atoms with Crippen LogP contribution < -0.4 is 0 Å². The van der Waals surface area contributed by atoms with E-state index < -0.39 is 6.04 Å². The van der Waals surface area contributed by atoms with Crippen molar-refractivity contribution in [1.82, 2.24) is 4.90 Å². The zero-order valence-electron chi connectivity index (χ0n) is 16.7. The molecular weight excluding hydrogens is 302 g/mol. The van der Waals surface area contributed by atoms with Crippen LogP contribution in [0.3, 0.4) is 0 Å².